The van der Waals surface area contributed by atoms with Gasteiger partial charge in [-0.05, 0) is 6.07 Å². The van der Waals surface area contributed by atoms with Crippen molar-refractivity contribution in [2.75, 3.05) is 0 Å². The van der Waals surface area contributed by atoms with Crippen LogP contribution in [0.4, 0.5) is 0 Å². The van der Waals surface area contributed by atoms with Crippen LogP contribution in [-0.4, -0.2) is 9.97 Å². The van der Waals surface area contributed by atoms with Gasteiger partial charge in [-0.2, -0.15) is 0 Å². The largest absolute Gasteiger partial charge is 0.423 e. The zero-order valence-electron chi connectivity index (χ0n) is 14.9. The molecule has 0 aliphatic rings. The summed E-state index contributed by atoms with van der Waals surface area (Å²) in [5.41, 5.74) is 4.68. The maximum absolute atomic E-state index is 12.1. The molecule has 4 heteroatoms. The van der Waals surface area contributed by atoms with Gasteiger partial charge in [-0.15, -0.1) is 0 Å². The van der Waals surface area contributed by atoms with Crippen molar-refractivity contribution in [1.82, 2.24) is 9.97 Å². The summed E-state index contributed by atoms with van der Waals surface area (Å²) in [4.78, 5) is 20.4. The van der Waals surface area contributed by atoms with Gasteiger partial charge in [0.2, 0.25) is 0 Å². The number of hydrogen-bond donors (Lipinski definition) is 1. The van der Waals surface area contributed by atoms with E-state index in [9.17, 15) is 4.79 Å². The second-order valence-electron chi connectivity index (χ2n) is 6.52. The molecule has 0 radical (unpaired) electrons. The fraction of sp³-hybridized carbons (Fsp3) is 0. The number of H-pyrrole nitrogens is 1. The summed E-state index contributed by atoms with van der Waals surface area (Å²) in [6.45, 7) is 0. The SMILES string of the molecule is O=c1cc(-c2nc(-c3ccccc3)c(-c3ccccc3)[nH]2)c2ccccc2o1. The molecule has 0 amide bonds. The summed E-state index contributed by atoms with van der Waals surface area (Å²) < 4.78 is 5.33. The molecule has 28 heavy (non-hydrogen) atoms. The average molecular weight is 364 g/mol. The van der Waals surface area contributed by atoms with E-state index in [4.69, 9.17) is 9.40 Å². The van der Waals surface area contributed by atoms with E-state index < -0.39 is 5.63 Å². The minimum Gasteiger partial charge on any atom is -0.423 e. The third kappa shape index (κ3) is 2.81. The Balaban J connectivity index is 1.79. The van der Waals surface area contributed by atoms with Crippen LogP contribution >= 0.6 is 0 Å². The number of nitrogens with one attached hydrogen (secondary N) is 1. The molecular formula is C24H16N2O2. The molecule has 0 saturated heterocycles. The molecule has 0 spiro atoms. The number of para-hydroxylation sites is 1. The molecule has 0 aliphatic carbocycles. The molecule has 0 atom stereocenters. The van der Waals surface area contributed by atoms with E-state index >= 15 is 0 Å². The van der Waals surface area contributed by atoms with Gasteiger partial charge in [0.25, 0.3) is 0 Å². The fourth-order valence-electron chi connectivity index (χ4n) is 3.43. The van der Waals surface area contributed by atoms with Crippen LogP contribution in [0.5, 0.6) is 0 Å². The van der Waals surface area contributed by atoms with Crippen molar-refractivity contribution in [3.05, 3.63) is 101 Å². The van der Waals surface area contributed by atoms with Gasteiger partial charge in [-0.3, -0.25) is 0 Å². The molecule has 4 nitrogen and oxygen atoms in total. The Morgan fingerprint density at radius 3 is 2.14 bits per heavy atom. The van der Waals surface area contributed by atoms with E-state index in [0.29, 0.717) is 11.4 Å². The number of hydrogen-bond acceptors (Lipinski definition) is 3. The molecule has 0 aliphatic heterocycles. The van der Waals surface area contributed by atoms with Crippen LogP contribution in [0, 0.1) is 0 Å². The van der Waals surface area contributed by atoms with Gasteiger partial charge in [-0.25, -0.2) is 9.78 Å². The van der Waals surface area contributed by atoms with Crippen LogP contribution in [0.3, 0.4) is 0 Å². The predicted octanol–water partition coefficient (Wildman–Crippen LogP) is 5.52. The Labute approximate surface area is 161 Å². The van der Waals surface area contributed by atoms with Crippen molar-refractivity contribution >= 4 is 11.0 Å². The van der Waals surface area contributed by atoms with Crippen molar-refractivity contribution < 1.29 is 4.42 Å². The summed E-state index contributed by atoms with van der Waals surface area (Å²) in [5.74, 6) is 0.641. The summed E-state index contributed by atoms with van der Waals surface area (Å²) >= 11 is 0. The Kier molecular flexibility index (Phi) is 3.87. The number of aromatic nitrogens is 2. The molecule has 134 valence electrons. The van der Waals surface area contributed by atoms with Crippen molar-refractivity contribution in [2.45, 2.75) is 0 Å². The standard InChI is InChI=1S/C24H16N2O2/c27-21-15-19(18-13-7-8-14-20(18)28-21)24-25-22(16-9-3-1-4-10-16)23(26-24)17-11-5-2-6-12-17/h1-15H,(H,25,26). The van der Waals surface area contributed by atoms with E-state index in [2.05, 4.69) is 4.98 Å². The highest BCUT2D eigenvalue weighted by Crippen LogP contribution is 2.34. The van der Waals surface area contributed by atoms with Gasteiger partial charge in [0.1, 0.15) is 11.4 Å². The predicted molar refractivity (Wildman–Crippen MR) is 111 cm³/mol. The van der Waals surface area contributed by atoms with Gasteiger partial charge >= 0.3 is 5.63 Å². The van der Waals surface area contributed by atoms with Crippen LogP contribution < -0.4 is 5.63 Å². The molecule has 5 aromatic rings. The number of nitrogens with zero attached hydrogens (tertiary/aromatic N) is 1. The number of imidazole rings is 1. The molecule has 5 rings (SSSR count). The van der Waals surface area contributed by atoms with E-state index in [-0.39, 0.29) is 0 Å². The third-order valence-corrected chi connectivity index (χ3v) is 4.72. The van der Waals surface area contributed by atoms with Crippen molar-refractivity contribution in [3.63, 3.8) is 0 Å². The van der Waals surface area contributed by atoms with Crippen LogP contribution in [0.25, 0.3) is 44.9 Å². The van der Waals surface area contributed by atoms with Crippen LogP contribution in [0.15, 0.2) is 100 Å². The third-order valence-electron chi connectivity index (χ3n) is 4.72. The average Bonchev–Trinajstić information content (AvgIpc) is 3.20. The monoisotopic (exact) mass is 364 g/mol. The Morgan fingerprint density at radius 2 is 1.39 bits per heavy atom. The molecule has 2 aromatic heterocycles. The smallest absolute Gasteiger partial charge is 0.336 e. The minimum absolute atomic E-state index is 0.396. The second kappa shape index (κ2) is 6.67. The maximum Gasteiger partial charge on any atom is 0.336 e. The van der Waals surface area contributed by atoms with Crippen LogP contribution in [0.1, 0.15) is 0 Å². The number of fused-ring (bicyclic) bond motifs is 1. The highest BCUT2D eigenvalue weighted by atomic mass is 16.4. The van der Waals surface area contributed by atoms with E-state index in [1.54, 1.807) is 6.07 Å². The first-order valence-corrected chi connectivity index (χ1v) is 9.04. The second-order valence-corrected chi connectivity index (χ2v) is 6.52. The fourth-order valence-corrected chi connectivity index (χ4v) is 3.43. The van der Waals surface area contributed by atoms with Gasteiger partial charge in [0.05, 0.1) is 11.4 Å². The molecule has 3 aromatic carbocycles. The summed E-state index contributed by atoms with van der Waals surface area (Å²) in [6.07, 6.45) is 0. The summed E-state index contributed by atoms with van der Waals surface area (Å²) in [6, 6.07) is 29.1. The lowest BCUT2D eigenvalue weighted by molar-refractivity contribution is 0.561. The van der Waals surface area contributed by atoms with Crippen molar-refractivity contribution in [1.29, 1.82) is 0 Å². The quantitative estimate of drug-likeness (QED) is 0.429. The normalized spacial score (nSPS) is 11.0. The zero-order valence-corrected chi connectivity index (χ0v) is 14.9. The van der Waals surface area contributed by atoms with Crippen molar-refractivity contribution in [3.8, 4) is 33.9 Å². The van der Waals surface area contributed by atoms with Crippen molar-refractivity contribution in [2.24, 2.45) is 0 Å². The lowest BCUT2D eigenvalue weighted by Gasteiger charge is -2.02. The first-order chi connectivity index (χ1) is 13.8. The first-order valence-electron chi connectivity index (χ1n) is 9.04. The molecule has 0 saturated carbocycles. The summed E-state index contributed by atoms with van der Waals surface area (Å²) in [7, 11) is 0. The number of aromatic amines is 1. The molecule has 0 unspecified atom stereocenters. The minimum atomic E-state index is -0.396. The lowest BCUT2D eigenvalue weighted by Crippen LogP contribution is -1.98. The van der Waals surface area contributed by atoms with Gasteiger partial charge < -0.3 is 9.40 Å². The van der Waals surface area contributed by atoms with Crippen LogP contribution in [0.2, 0.25) is 0 Å². The Hall–Kier alpha value is -3.92. The lowest BCUT2D eigenvalue weighted by atomic mass is 10.1. The maximum atomic E-state index is 12.1. The molecule has 0 fully saturated rings. The number of rotatable bonds is 3. The zero-order chi connectivity index (χ0) is 18.9. The Bertz CT molecular complexity index is 1260. The molecule has 2 heterocycles. The molecule has 1 N–H and O–H groups in total. The van der Waals surface area contributed by atoms with Gasteiger partial charge in [-0.1, -0.05) is 78.9 Å². The Morgan fingerprint density at radius 1 is 0.750 bits per heavy atom. The van der Waals surface area contributed by atoms with E-state index in [1.165, 1.54) is 6.07 Å². The van der Waals surface area contributed by atoms with Gasteiger partial charge in [0, 0.05) is 28.1 Å². The highest BCUT2D eigenvalue weighted by Gasteiger charge is 2.17. The van der Waals surface area contributed by atoms with Gasteiger partial charge in [0.15, 0.2) is 0 Å². The van der Waals surface area contributed by atoms with E-state index in [1.807, 2.05) is 78.9 Å². The topological polar surface area (TPSA) is 58.9 Å². The van der Waals surface area contributed by atoms with Crippen LogP contribution in [-0.2, 0) is 0 Å². The molecule has 0 bridgehead atoms. The van der Waals surface area contributed by atoms with E-state index in [0.717, 1.165) is 33.5 Å². The highest BCUT2D eigenvalue weighted by molar-refractivity contribution is 5.93. The number of benzene rings is 3. The first kappa shape index (κ1) is 16.3. The molecular weight excluding hydrogens is 348 g/mol. The summed E-state index contributed by atoms with van der Waals surface area (Å²) in [5, 5.41) is 0.843.